The van der Waals surface area contributed by atoms with Crippen LogP contribution in [-0.4, -0.2) is 9.55 Å². The van der Waals surface area contributed by atoms with Crippen LogP contribution in [0, 0.1) is 5.92 Å². The van der Waals surface area contributed by atoms with Gasteiger partial charge in [0.15, 0.2) is 0 Å². The van der Waals surface area contributed by atoms with Crippen molar-refractivity contribution < 1.29 is 0 Å². The molecule has 1 saturated carbocycles. The molecule has 1 fully saturated rings. The monoisotopic (exact) mass is 313 g/mol. The highest BCUT2D eigenvalue weighted by Gasteiger charge is 2.12. The molecular weight excluding hydrogens is 286 g/mol. The Hall–Kier alpha value is -1.97. The normalized spacial score (nSPS) is 15.8. The minimum absolute atomic E-state index is 0.0722. The lowest BCUT2D eigenvalue weighted by Crippen LogP contribution is -2.13. The number of nitrogens with zero attached hydrogens (tertiary/aromatic N) is 1. The van der Waals surface area contributed by atoms with E-state index < -0.39 is 0 Å². The van der Waals surface area contributed by atoms with E-state index in [0.29, 0.717) is 5.69 Å². The van der Waals surface area contributed by atoms with Gasteiger partial charge < -0.3 is 10.7 Å². The van der Waals surface area contributed by atoms with E-state index in [1.165, 1.54) is 44.9 Å². The summed E-state index contributed by atoms with van der Waals surface area (Å²) in [5.41, 5.74) is 8.21. The van der Waals surface area contributed by atoms with Crippen molar-refractivity contribution in [2.45, 2.75) is 57.8 Å². The molecule has 1 aromatic heterocycles. The number of rotatable bonds is 6. The molecule has 0 unspecified atom stereocenters. The van der Waals surface area contributed by atoms with Crippen LogP contribution in [0.4, 0.5) is 5.69 Å². The summed E-state index contributed by atoms with van der Waals surface area (Å²) >= 11 is 0. The second-order valence-corrected chi connectivity index (χ2v) is 6.80. The van der Waals surface area contributed by atoms with Gasteiger partial charge in [0, 0.05) is 17.6 Å². The van der Waals surface area contributed by atoms with Crippen LogP contribution in [0.5, 0.6) is 0 Å². The Balaban J connectivity index is 1.52. The zero-order chi connectivity index (χ0) is 16.1. The maximum absolute atomic E-state index is 12.1. The average molecular weight is 313 g/mol. The molecule has 0 spiro atoms. The third kappa shape index (κ3) is 4.27. The molecule has 0 amide bonds. The molecule has 0 radical (unpaired) electrons. The molecule has 0 aliphatic heterocycles. The largest absolute Gasteiger partial charge is 0.399 e. The molecule has 1 heterocycles. The van der Waals surface area contributed by atoms with E-state index in [-0.39, 0.29) is 5.69 Å². The summed E-state index contributed by atoms with van der Waals surface area (Å²) in [6, 6.07) is 7.38. The van der Waals surface area contributed by atoms with Crippen LogP contribution >= 0.6 is 0 Å². The number of imidazole rings is 1. The fraction of sp³-hybridized carbons (Fsp3) is 0.526. The summed E-state index contributed by atoms with van der Waals surface area (Å²) < 4.78 is 1.66. The Morgan fingerprint density at radius 3 is 2.57 bits per heavy atom. The molecule has 4 nitrogen and oxygen atoms in total. The SMILES string of the molecule is Nc1ccc(-n2cc(CCCCC3CCCCC3)[nH]c2=O)cc1. The molecule has 124 valence electrons. The van der Waals surface area contributed by atoms with Crippen molar-refractivity contribution in [1.82, 2.24) is 9.55 Å². The molecule has 4 heteroatoms. The number of aromatic nitrogens is 2. The van der Waals surface area contributed by atoms with Gasteiger partial charge in [0.25, 0.3) is 0 Å². The number of benzene rings is 1. The van der Waals surface area contributed by atoms with Crippen molar-refractivity contribution in [2.75, 3.05) is 5.73 Å². The van der Waals surface area contributed by atoms with Gasteiger partial charge in [-0.25, -0.2) is 4.79 Å². The van der Waals surface area contributed by atoms with E-state index in [9.17, 15) is 4.79 Å². The molecule has 1 aliphatic carbocycles. The number of anilines is 1. The number of hydrogen-bond acceptors (Lipinski definition) is 2. The van der Waals surface area contributed by atoms with Crippen molar-refractivity contribution in [2.24, 2.45) is 5.92 Å². The average Bonchev–Trinajstić information content (AvgIpc) is 2.94. The quantitative estimate of drug-likeness (QED) is 0.624. The van der Waals surface area contributed by atoms with Gasteiger partial charge in [-0.3, -0.25) is 4.57 Å². The molecule has 0 saturated heterocycles. The van der Waals surface area contributed by atoms with E-state index >= 15 is 0 Å². The van der Waals surface area contributed by atoms with Gasteiger partial charge in [-0.1, -0.05) is 44.9 Å². The van der Waals surface area contributed by atoms with E-state index in [1.54, 1.807) is 4.57 Å². The first-order valence-electron chi connectivity index (χ1n) is 8.89. The molecule has 0 bridgehead atoms. The molecule has 23 heavy (non-hydrogen) atoms. The predicted molar refractivity (Wildman–Crippen MR) is 94.9 cm³/mol. The summed E-state index contributed by atoms with van der Waals surface area (Å²) in [7, 11) is 0. The lowest BCUT2D eigenvalue weighted by atomic mass is 9.85. The van der Waals surface area contributed by atoms with Crippen LogP contribution < -0.4 is 11.4 Å². The maximum Gasteiger partial charge on any atom is 0.330 e. The van der Waals surface area contributed by atoms with Crippen molar-refractivity contribution in [3.05, 3.63) is 46.6 Å². The Kier molecular flexibility index (Phi) is 5.21. The van der Waals surface area contributed by atoms with Crippen LogP contribution in [0.2, 0.25) is 0 Å². The molecule has 3 N–H and O–H groups in total. The molecular formula is C19H27N3O. The number of nitrogen functional groups attached to an aromatic ring is 1. The number of H-pyrrole nitrogens is 1. The summed E-state index contributed by atoms with van der Waals surface area (Å²) in [6.45, 7) is 0. The first kappa shape index (κ1) is 15.9. The Morgan fingerprint density at radius 1 is 1.09 bits per heavy atom. The van der Waals surface area contributed by atoms with Gasteiger partial charge >= 0.3 is 5.69 Å². The highest BCUT2D eigenvalue weighted by atomic mass is 16.1. The Labute approximate surface area is 137 Å². The minimum atomic E-state index is -0.0722. The van der Waals surface area contributed by atoms with Crippen molar-refractivity contribution >= 4 is 5.69 Å². The van der Waals surface area contributed by atoms with E-state index in [1.807, 2.05) is 30.5 Å². The second kappa shape index (κ2) is 7.53. The van der Waals surface area contributed by atoms with Crippen LogP contribution in [0.3, 0.4) is 0 Å². The van der Waals surface area contributed by atoms with Gasteiger partial charge in [0.1, 0.15) is 0 Å². The number of aryl methyl sites for hydroxylation is 1. The highest BCUT2D eigenvalue weighted by Crippen LogP contribution is 2.27. The molecule has 2 aromatic rings. The van der Waals surface area contributed by atoms with Gasteiger partial charge in [-0.15, -0.1) is 0 Å². The van der Waals surface area contributed by atoms with E-state index in [4.69, 9.17) is 5.73 Å². The number of hydrogen-bond donors (Lipinski definition) is 2. The lowest BCUT2D eigenvalue weighted by Gasteiger charge is -2.21. The van der Waals surface area contributed by atoms with Crippen molar-refractivity contribution in [3.63, 3.8) is 0 Å². The van der Waals surface area contributed by atoms with Crippen LogP contribution in [-0.2, 0) is 6.42 Å². The Morgan fingerprint density at radius 2 is 1.83 bits per heavy atom. The van der Waals surface area contributed by atoms with Crippen LogP contribution in [0.1, 0.15) is 57.1 Å². The second-order valence-electron chi connectivity index (χ2n) is 6.80. The van der Waals surface area contributed by atoms with E-state index in [2.05, 4.69) is 4.98 Å². The van der Waals surface area contributed by atoms with Crippen LogP contribution in [0.15, 0.2) is 35.3 Å². The van der Waals surface area contributed by atoms with Crippen LogP contribution in [0.25, 0.3) is 5.69 Å². The van der Waals surface area contributed by atoms with Gasteiger partial charge in [-0.2, -0.15) is 0 Å². The standard InChI is InChI=1S/C19H27N3O/c20-16-10-12-18(13-11-16)22-14-17(21-19(22)23)9-5-4-8-15-6-2-1-3-7-15/h10-15H,1-9,20H2,(H,21,23). The summed E-state index contributed by atoms with van der Waals surface area (Å²) in [5, 5.41) is 0. The van der Waals surface area contributed by atoms with Gasteiger partial charge in [0.05, 0.1) is 5.69 Å². The molecule has 3 rings (SSSR count). The third-order valence-electron chi connectivity index (χ3n) is 4.98. The first-order valence-corrected chi connectivity index (χ1v) is 8.89. The van der Waals surface area contributed by atoms with E-state index in [0.717, 1.165) is 30.1 Å². The number of nitrogens with one attached hydrogen (secondary N) is 1. The number of aromatic amines is 1. The molecule has 0 atom stereocenters. The summed E-state index contributed by atoms with van der Waals surface area (Å²) in [5.74, 6) is 0.946. The zero-order valence-electron chi connectivity index (χ0n) is 13.8. The third-order valence-corrected chi connectivity index (χ3v) is 4.98. The Bertz CT molecular complexity index is 663. The molecule has 1 aromatic carbocycles. The summed E-state index contributed by atoms with van der Waals surface area (Å²) in [4.78, 5) is 15.1. The molecule has 1 aliphatic rings. The topological polar surface area (TPSA) is 63.8 Å². The smallest absolute Gasteiger partial charge is 0.330 e. The van der Waals surface area contributed by atoms with Crippen molar-refractivity contribution in [3.8, 4) is 5.69 Å². The number of nitrogens with two attached hydrogens (primary N) is 1. The van der Waals surface area contributed by atoms with Gasteiger partial charge in [0.2, 0.25) is 0 Å². The summed E-state index contributed by atoms with van der Waals surface area (Å²) in [6.07, 6.45) is 13.7. The number of unbranched alkanes of at least 4 members (excludes halogenated alkanes) is 1. The first-order chi connectivity index (χ1) is 11.2. The minimum Gasteiger partial charge on any atom is -0.399 e. The van der Waals surface area contributed by atoms with Gasteiger partial charge in [-0.05, 0) is 43.0 Å². The lowest BCUT2D eigenvalue weighted by molar-refractivity contribution is 0.329. The fourth-order valence-corrected chi connectivity index (χ4v) is 3.62. The maximum atomic E-state index is 12.1. The van der Waals surface area contributed by atoms with Crippen molar-refractivity contribution in [1.29, 1.82) is 0 Å². The fourth-order valence-electron chi connectivity index (χ4n) is 3.62. The highest BCUT2D eigenvalue weighted by molar-refractivity contribution is 5.45. The zero-order valence-corrected chi connectivity index (χ0v) is 13.8. The predicted octanol–water partition coefficient (Wildman–Crippen LogP) is 4.04.